The third-order valence-electron chi connectivity index (χ3n) is 1.53. The summed E-state index contributed by atoms with van der Waals surface area (Å²) >= 11 is 0. The first kappa shape index (κ1) is 14.2. The van der Waals surface area contributed by atoms with Crippen LogP contribution in [0.15, 0.2) is 18.5 Å². The minimum atomic E-state index is -4.17. The van der Waals surface area contributed by atoms with Crippen LogP contribution in [0.5, 0.6) is 0 Å². The fourth-order valence-electron chi connectivity index (χ4n) is 0.907. The van der Waals surface area contributed by atoms with Gasteiger partial charge in [0.2, 0.25) is 0 Å². The van der Waals surface area contributed by atoms with Gasteiger partial charge in [0.25, 0.3) is 0 Å². The van der Waals surface area contributed by atoms with E-state index in [0.717, 1.165) is 6.54 Å². The van der Waals surface area contributed by atoms with Crippen molar-refractivity contribution in [1.82, 2.24) is 4.57 Å². The number of hydrogen-bond donors (Lipinski definition) is 1. The molecule has 88 valence electrons. The first-order valence-corrected chi connectivity index (χ1v) is 5.99. The van der Waals surface area contributed by atoms with Crippen LogP contribution >= 0.6 is 0 Å². The molecule has 5 nitrogen and oxygen atoms in total. The smallest absolute Gasteiger partial charge is 0.354 e. The molecule has 6 heteroatoms. The summed E-state index contributed by atoms with van der Waals surface area (Å²) in [5.41, 5.74) is 1.34. The van der Waals surface area contributed by atoms with Crippen LogP contribution < -0.4 is 0 Å². The molecule has 0 bridgehead atoms. The van der Waals surface area contributed by atoms with Gasteiger partial charge in [-0.25, -0.2) is 4.18 Å². The van der Waals surface area contributed by atoms with Crippen LogP contribution in [0.3, 0.4) is 0 Å². The van der Waals surface area contributed by atoms with Crippen LogP contribution in [-0.2, 0) is 21.1 Å². The second-order valence-electron chi connectivity index (χ2n) is 2.85. The van der Waals surface area contributed by atoms with Gasteiger partial charge in [0.05, 0.1) is 6.61 Å². The van der Waals surface area contributed by atoms with Gasteiger partial charge in [-0.2, -0.15) is 8.42 Å². The lowest BCUT2D eigenvalue weighted by molar-refractivity contribution is 0.283. The van der Waals surface area contributed by atoms with Crippen molar-refractivity contribution in [2.75, 3.05) is 6.61 Å². The molecule has 0 unspecified atom stereocenters. The van der Waals surface area contributed by atoms with Crippen molar-refractivity contribution in [2.45, 2.75) is 27.3 Å². The molecular weight excluding hydrogens is 218 g/mol. The summed E-state index contributed by atoms with van der Waals surface area (Å²) in [6, 6.07) is 2.11. The van der Waals surface area contributed by atoms with Crippen LogP contribution in [0.1, 0.15) is 19.4 Å². The van der Waals surface area contributed by atoms with Gasteiger partial charge < -0.3 is 4.57 Å². The molecule has 1 rings (SSSR count). The lowest BCUT2D eigenvalue weighted by atomic mass is 10.4. The predicted molar refractivity (Wildman–Crippen MR) is 58.0 cm³/mol. The van der Waals surface area contributed by atoms with Crippen LogP contribution in [0.25, 0.3) is 0 Å². The van der Waals surface area contributed by atoms with Crippen LogP contribution in [0, 0.1) is 6.92 Å². The highest BCUT2D eigenvalue weighted by molar-refractivity contribution is 7.80. The molecule has 0 saturated heterocycles. The first-order chi connectivity index (χ1) is 6.89. The Labute approximate surface area is 90.6 Å². The van der Waals surface area contributed by atoms with Crippen molar-refractivity contribution in [3.63, 3.8) is 0 Å². The lowest BCUT2D eigenvalue weighted by Gasteiger charge is -1.90. The SMILES string of the molecule is CCOS(=O)(=O)O.CCn1ccc(C)c1. The largest absolute Gasteiger partial charge is 0.397 e. The van der Waals surface area contributed by atoms with Gasteiger partial charge in [0.15, 0.2) is 0 Å². The Morgan fingerprint density at radius 2 is 2.07 bits per heavy atom. The Kier molecular flexibility index (Phi) is 6.23. The lowest BCUT2D eigenvalue weighted by Crippen LogP contribution is -2.01. The minimum Gasteiger partial charge on any atom is -0.354 e. The highest BCUT2D eigenvalue weighted by Crippen LogP contribution is 1.96. The summed E-state index contributed by atoms with van der Waals surface area (Å²) in [5, 5.41) is 0. The van der Waals surface area contributed by atoms with E-state index < -0.39 is 10.4 Å². The summed E-state index contributed by atoms with van der Waals surface area (Å²) in [7, 11) is -4.17. The van der Waals surface area contributed by atoms with E-state index in [2.05, 4.69) is 41.1 Å². The molecule has 1 aromatic heterocycles. The summed E-state index contributed by atoms with van der Waals surface area (Å²) in [6.07, 6.45) is 4.23. The standard InChI is InChI=1S/C7H11N.C2H6O4S/c1-3-8-5-4-7(2)6-8;1-2-6-7(3,4)5/h4-6H,3H2,1-2H3;2H2,1H3,(H,3,4,5). The summed E-state index contributed by atoms with van der Waals surface area (Å²) in [4.78, 5) is 0. The number of rotatable bonds is 3. The molecule has 1 aromatic rings. The second kappa shape index (κ2) is 6.60. The van der Waals surface area contributed by atoms with Gasteiger partial charge in [-0.05, 0) is 32.4 Å². The molecule has 1 N–H and O–H groups in total. The maximum Gasteiger partial charge on any atom is 0.397 e. The van der Waals surface area contributed by atoms with Crippen molar-refractivity contribution >= 4 is 10.4 Å². The summed E-state index contributed by atoms with van der Waals surface area (Å²) in [6.45, 7) is 6.76. The molecule has 0 fully saturated rings. The minimum absolute atomic E-state index is 0.0289. The van der Waals surface area contributed by atoms with Gasteiger partial charge in [0, 0.05) is 18.9 Å². The van der Waals surface area contributed by atoms with Crippen molar-refractivity contribution in [1.29, 1.82) is 0 Å². The Hall–Kier alpha value is -0.850. The average molecular weight is 235 g/mol. The number of hydrogen-bond acceptors (Lipinski definition) is 3. The molecule has 1 heterocycles. The molecule has 0 spiro atoms. The fraction of sp³-hybridized carbons (Fsp3) is 0.556. The van der Waals surface area contributed by atoms with E-state index in [1.165, 1.54) is 12.5 Å². The Morgan fingerprint density at radius 3 is 2.20 bits per heavy atom. The Balaban J connectivity index is 0.000000265. The molecule has 0 aliphatic carbocycles. The van der Waals surface area contributed by atoms with Crippen LogP contribution in [-0.4, -0.2) is 24.1 Å². The van der Waals surface area contributed by atoms with Crippen molar-refractivity contribution in [2.24, 2.45) is 0 Å². The highest BCUT2D eigenvalue weighted by Gasteiger charge is 1.98. The first-order valence-electron chi connectivity index (χ1n) is 4.63. The van der Waals surface area contributed by atoms with Crippen LogP contribution in [0.2, 0.25) is 0 Å². The summed E-state index contributed by atoms with van der Waals surface area (Å²) < 4.78 is 32.8. The van der Waals surface area contributed by atoms with E-state index >= 15 is 0 Å². The quantitative estimate of drug-likeness (QED) is 0.809. The van der Waals surface area contributed by atoms with Gasteiger partial charge in [-0.1, -0.05) is 0 Å². The molecular formula is C9H17NO4S. The zero-order valence-electron chi connectivity index (χ0n) is 9.17. The van der Waals surface area contributed by atoms with E-state index in [4.69, 9.17) is 4.55 Å². The number of aromatic nitrogens is 1. The maximum atomic E-state index is 9.56. The molecule has 0 aromatic carbocycles. The molecule has 0 amide bonds. The average Bonchev–Trinajstić information content (AvgIpc) is 2.50. The monoisotopic (exact) mass is 235 g/mol. The zero-order valence-corrected chi connectivity index (χ0v) is 9.99. The zero-order chi connectivity index (χ0) is 11.9. The van der Waals surface area contributed by atoms with Gasteiger partial charge >= 0.3 is 10.4 Å². The molecule has 0 saturated carbocycles. The number of nitrogens with zero attached hydrogens (tertiary/aromatic N) is 1. The van der Waals surface area contributed by atoms with E-state index in [9.17, 15) is 8.42 Å². The molecule has 15 heavy (non-hydrogen) atoms. The molecule has 0 atom stereocenters. The van der Waals surface area contributed by atoms with E-state index in [0.29, 0.717) is 0 Å². The van der Waals surface area contributed by atoms with Gasteiger partial charge in [-0.15, -0.1) is 0 Å². The normalized spacial score (nSPS) is 10.7. The van der Waals surface area contributed by atoms with Crippen molar-refractivity contribution < 1.29 is 17.2 Å². The summed E-state index contributed by atoms with van der Waals surface area (Å²) in [5.74, 6) is 0. The predicted octanol–water partition coefficient (Wildman–Crippen LogP) is 1.64. The van der Waals surface area contributed by atoms with Gasteiger partial charge in [-0.3, -0.25) is 4.55 Å². The topological polar surface area (TPSA) is 68.5 Å². The van der Waals surface area contributed by atoms with E-state index in [1.807, 2.05) is 0 Å². The van der Waals surface area contributed by atoms with E-state index in [1.54, 1.807) is 0 Å². The van der Waals surface area contributed by atoms with Crippen molar-refractivity contribution in [3.8, 4) is 0 Å². The van der Waals surface area contributed by atoms with Crippen molar-refractivity contribution in [3.05, 3.63) is 24.0 Å². The maximum absolute atomic E-state index is 9.56. The molecule has 0 aliphatic heterocycles. The van der Waals surface area contributed by atoms with E-state index in [-0.39, 0.29) is 6.61 Å². The third kappa shape index (κ3) is 8.17. The molecule has 0 aliphatic rings. The highest BCUT2D eigenvalue weighted by atomic mass is 32.3. The Morgan fingerprint density at radius 1 is 1.47 bits per heavy atom. The molecule has 0 radical (unpaired) electrons. The fourth-order valence-corrected chi connectivity index (χ4v) is 1.20. The second-order valence-corrected chi connectivity index (χ2v) is 3.94. The third-order valence-corrected chi connectivity index (χ3v) is 2.06. The Bertz CT molecular complexity index is 369. The van der Waals surface area contributed by atoms with Crippen LogP contribution in [0.4, 0.5) is 0 Å². The number of aryl methyl sites for hydroxylation is 2. The van der Waals surface area contributed by atoms with Gasteiger partial charge in [0.1, 0.15) is 0 Å².